The summed E-state index contributed by atoms with van der Waals surface area (Å²) in [4.78, 5) is 15.1. The summed E-state index contributed by atoms with van der Waals surface area (Å²) in [5, 5.41) is 11.9. The van der Waals surface area contributed by atoms with Gasteiger partial charge >= 0.3 is 6.18 Å². The predicted molar refractivity (Wildman–Crippen MR) is 142 cm³/mol. The van der Waals surface area contributed by atoms with Crippen LogP contribution >= 0.6 is 0 Å². The van der Waals surface area contributed by atoms with E-state index in [0.29, 0.717) is 17.8 Å². The highest BCUT2D eigenvalue weighted by Crippen LogP contribution is 2.60. The van der Waals surface area contributed by atoms with Crippen LogP contribution in [0.4, 0.5) is 18.9 Å². The number of alkyl halides is 3. The number of ether oxygens (including phenoxy) is 1. The number of hydrogen-bond donors (Lipinski definition) is 1. The lowest BCUT2D eigenvalue weighted by Crippen LogP contribution is -2.62. The molecule has 10 heteroatoms. The minimum Gasteiger partial charge on any atom is -0.375 e. The summed E-state index contributed by atoms with van der Waals surface area (Å²) in [5.74, 6) is 0.410. The van der Waals surface area contributed by atoms with E-state index in [4.69, 9.17) is 4.74 Å². The Morgan fingerprint density at radius 1 is 1.12 bits per heavy atom. The first-order chi connectivity index (χ1) is 19.0. The van der Waals surface area contributed by atoms with Crippen molar-refractivity contribution in [1.29, 1.82) is 0 Å². The van der Waals surface area contributed by atoms with E-state index in [2.05, 4.69) is 22.4 Å². The molecule has 1 aromatic heterocycles. The van der Waals surface area contributed by atoms with E-state index in [9.17, 15) is 18.0 Å². The maximum absolute atomic E-state index is 14.2. The summed E-state index contributed by atoms with van der Waals surface area (Å²) in [7, 11) is 1.91. The molecule has 0 bridgehead atoms. The van der Waals surface area contributed by atoms with Crippen LogP contribution in [0.15, 0.2) is 42.7 Å². The molecule has 1 N–H and O–H groups in total. The molecule has 1 saturated heterocycles. The summed E-state index contributed by atoms with van der Waals surface area (Å²) in [6.07, 6.45) is 2.70. The molecule has 0 atom stereocenters. The zero-order valence-electron chi connectivity index (χ0n) is 22.6. The number of carbonyl (C=O) groups excluding carboxylic acids is 1. The zero-order valence-corrected chi connectivity index (χ0v) is 22.6. The second-order valence-corrected chi connectivity index (χ2v) is 12.4. The number of rotatable bonds is 6. The SMILES string of the molecule is Cn1cnnc1C1(c2cccc(N3Cc4c(cc(CNC5(C)CCC5)cc4C(F)(F)F)C3=O)c2)CC2(CCO2)C1. The number of aromatic nitrogens is 3. The maximum Gasteiger partial charge on any atom is 0.416 e. The van der Waals surface area contributed by atoms with Crippen LogP contribution in [0.2, 0.25) is 0 Å². The van der Waals surface area contributed by atoms with Crippen molar-refractivity contribution in [2.75, 3.05) is 11.5 Å². The minimum absolute atomic E-state index is 0.0370. The van der Waals surface area contributed by atoms with Crippen molar-refractivity contribution in [3.8, 4) is 0 Å². The van der Waals surface area contributed by atoms with Gasteiger partial charge in [0, 0.05) is 30.4 Å². The summed E-state index contributed by atoms with van der Waals surface area (Å²) in [6.45, 7) is 3.00. The van der Waals surface area contributed by atoms with Crippen LogP contribution in [0.5, 0.6) is 0 Å². The first-order valence-electron chi connectivity index (χ1n) is 13.9. The summed E-state index contributed by atoms with van der Waals surface area (Å²) in [5.41, 5.74) is 0.785. The highest BCUT2D eigenvalue weighted by Gasteiger charge is 2.62. The van der Waals surface area contributed by atoms with Gasteiger partial charge in [0.15, 0.2) is 0 Å². The van der Waals surface area contributed by atoms with Crippen LogP contribution in [0.3, 0.4) is 0 Å². The van der Waals surface area contributed by atoms with Gasteiger partial charge in [-0.05, 0) is 86.4 Å². The number of amides is 1. The molecule has 3 fully saturated rings. The number of aryl methyl sites for hydroxylation is 1. The van der Waals surface area contributed by atoms with Gasteiger partial charge in [-0.25, -0.2) is 0 Å². The molecule has 0 unspecified atom stereocenters. The van der Waals surface area contributed by atoms with E-state index in [0.717, 1.165) is 56.5 Å². The van der Waals surface area contributed by atoms with Gasteiger partial charge in [0.1, 0.15) is 12.2 Å². The summed E-state index contributed by atoms with van der Waals surface area (Å²) < 4.78 is 50.5. The first kappa shape index (κ1) is 25.7. The standard InChI is InChI=1S/C30H32F3N5O2/c1-27(7-4-8-27)34-14-19-11-22-23(24(12-19)30(31,32)33)15-38(25(22)39)21-6-3-5-20(13-21)29(26-36-35-18-37(26)2)16-28(17-29)9-10-40-28/h3,5-6,11-13,18,34H,4,7-10,14-17H2,1-2H3. The fourth-order valence-electron chi connectivity index (χ4n) is 7.13. The van der Waals surface area contributed by atoms with Crippen molar-refractivity contribution in [1.82, 2.24) is 20.1 Å². The van der Waals surface area contributed by atoms with Crippen LogP contribution in [0.1, 0.15) is 83.9 Å². The third-order valence-corrected chi connectivity index (χ3v) is 9.65. The van der Waals surface area contributed by atoms with Crippen LogP contribution in [-0.2, 0) is 36.5 Å². The van der Waals surface area contributed by atoms with Crippen molar-refractivity contribution in [3.05, 3.63) is 76.4 Å². The van der Waals surface area contributed by atoms with Gasteiger partial charge in [0.25, 0.3) is 5.91 Å². The van der Waals surface area contributed by atoms with Gasteiger partial charge in [-0.3, -0.25) is 4.79 Å². The molecule has 210 valence electrons. The normalized spacial score (nSPS) is 26.8. The number of anilines is 1. The average Bonchev–Trinajstić information content (AvgIpc) is 3.43. The number of nitrogens with zero attached hydrogens (tertiary/aromatic N) is 4. The van der Waals surface area contributed by atoms with E-state index >= 15 is 0 Å². The van der Waals surface area contributed by atoms with Gasteiger partial charge in [0.2, 0.25) is 0 Å². The lowest BCUT2D eigenvalue weighted by Gasteiger charge is -2.59. The molecule has 1 spiro atoms. The summed E-state index contributed by atoms with van der Waals surface area (Å²) in [6, 6.07) is 10.4. The van der Waals surface area contributed by atoms with Crippen molar-refractivity contribution < 1.29 is 22.7 Å². The van der Waals surface area contributed by atoms with E-state index < -0.39 is 23.1 Å². The number of hydrogen-bond acceptors (Lipinski definition) is 5. The van der Waals surface area contributed by atoms with Crippen molar-refractivity contribution in [2.24, 2.45) is 7.05 Å². The van der Waals surface area contributed by atoms with E-state index in [1.165, 1.54) is 11.0 Å². The molecular formula is C30H32F3N5O2. The zero-order chi connectivity index (χ0) is 27.9. The van der Waals surface area contributed by atoms with Gasteiger partial charge < -0.3 is 19.5 Å². The Morgan fingerprint density at radius 3 is 2.50 bits per heavy atom. The molecule has 7 rings (SSSR count). The second-order valence-electron chi connectivity index (χ2n) is 12.4. The van der Waals surface area contributed by atoms with Gasteiger partial charge in [-0.1, -0.05) is 12.1 Å². The molecule has 3 heterocycles. The molecular weight excluding hydrogens is 519 g/mol. The predicted octanol–water partition coefficient (Wildman–Crippen LogP) is 5.27. The molecule has 2 aromatic carbocycles. The van der Waals surface area contributed by atoms with Gasteiger partial charge in [-0.15, -0.1) is 10.2 Å². The Labute approximate surface area is 230 Å². The highest BCUT2D eigenvalue weighted by atomic mass is 19.4. The van der Waals surface area contributed by atoms with E-state index in [1.807, 2.05) is 29.8 Å². The molecule has 3 aromatic rings. The first-order valence-corrected chi connectivity index (χ1v) is 13.9. The van der Waals surface area contributed by atoms with Crippen molar-refractivity contribution in [3.63, 3.8) is 0 Å². The van der Waals surface area contributed by atoms with Crippen molar-refractivity contribution in [2.45, 2.75) is 81.3 Å². The quantitative estimate of drug-likeness (QED) is 0.452. The molecule has 2 aliphatic carbocycles. The Bertz CT molecular complexity index is 1500. The topological polar surface area (TPSA) is 72.3 Å². The maximum atomic E-state index is 14.2. The van der Waals surface area contributed by atoms with Crippen LogP contribution in [-0.4, -0.2) is 38.4 Å². The number of halogens is 3. The van der Waals surface area contributed by atoms with Crippen LogP contribution < -0.4 is 10.2 Å². The number of carbonyl (C=O) groups is 1. The van der Waals surface area contributed by atoms with Gasteiger partial charge in [0.05, 0.1) is 29.7 Å². The molecule has 2 saturated carbocycles. The fraction of sp³-hybridized carbons (Fsp3) is 0.500. The molecule has 0 radical (unpaired) electrons. The summed E-state index contributed by atoms with van der Waals surface area (Å²) >= 11 is 0. The molecule has 4 aliphatic rings. The number of nitrogens with one attached hydrogen (secondary N) is 1. The number of benzene rings is 2. The third kappa shape index (κ3) is 3.90. The van der Waals surface area contributed by atoms with Crippen LogP contribution in [0, 0.1) is 0 Å². The molecule has 7 nitrogen and oxygen atoms in total. The Kier molecular flexibility index (Phi) is 5.55. The lowest BCUT2D eigenvalue weighted by atomic mass is 9.53. The van der Waals surface area contributed by atoms with Gasteiger partial charge in [-0.2, -0.15) is 13.2 Å². The Morgan fingerprint density at radius 2 is 1.90 bits per heavy atom. The second kappa shape index (κ2) is 8.63. The molecule has 1 amide bonds. The van der Waals surface area contributed by atoms with E-state index in [1.54, 1.807) is 18.5 Å². The largest absolute Gasteiger partial charge is 0.416 e. The Hall–Kier alpha value is -3.24. The molecule has 40 heavy (non-hydrogen) atoms. The fourth-order valence-corrected chi connectivity index (χ4v) is 7.13. The number of fused-ring (bicyclic) bond motifs is 1. The molecule has 2 aliphatic heterocycles. The smallest absolute Gasteiger partial charge is 0.375 e. The third-order valence-electron chi connectivity index (χ3n) is 9.65. The van der Waals surface area contributed by atoms with E-state index in [-0.39, 0.29) is 28.8 Å². The Balaban J connectivity index is 1.22. The minimum atomic E-state index is -4.56. The lowest BCUT2D eigenvalue weighted by molar-refractivity contribution is -0.216. The monoisotopic (exact) mass is 551 g/mol. The highest BCUT2D eigenvalue weighted by molar-refractivity contribution is 6.10. The van der Waals surface area contributed by atoms with Crippen LogP contribution in [0.25, 0.3) is 0 Å². The average molecular weight is 552 g/mol. The van der Waals surface area contributed by atoms with Crippen molar-refractivity contribution >= 4 is 11.6 Å².